The number of carbonyl (C=O) groups excluding carboxylic acids is 2. The van der Waals surface area contributed by atoms with Crippen molar-refractivity contribution in [2.45, 2.75) is 26.3 Å². The van der Waals surface area contributed by atoms with E-state index >= 15 is 0 Å². The largest absolute Gasteiger partial charge is 0.450 e. The summed E-state index contributed by atoms with van der Waals surface area (Å²) in [6.45, 7) is 3.28. The van der Waals surface area contributed by atoms with Gasteiger partial charge in [-0.2, -0.15) is 5.10 Å². The first kappa shape index (κ1) is 16.9. The van der Waals surface area contributed by atoms with E-state index in [1.165, 1.54) is 4.68 Å². The molecule has 1 fully saturated rings. The topological polar surface area (TPSA) is 102 Å². The van der Waals surface area contributed by atoms with Gasteiger partial charge in [-0.05, 0) is 19.1 Å². The molecule has 132 valence electrons. The second-order valence-electron chi connectivity index (χ2n) is 5.63. The number of aromatic nitrogens is 3. The van der Waals surface area contributed by atoms with Crippen LogP contribution in [0.2, 0.25) is 0 Å². The standard InChI is InChI=1S/C16H20N6O3/c1-2-25-16(24)21-9-7-12(8-10-21)17-19-15(23)11-22-14-6-4-3-5-13(14)18-20-22/h3-6H,2,7-11H2,1H3,(H,19,23). The molecule has 25 heavy (non-hydrogen) atoms. The Kier molecular flexibility index (Phi) is 5.22. The van der Waals surface area contributed by atoms with E-state index in [-0.39, 0.29) is 18.5 Å². The molecule has 1 aliphatic heterocycles. The van der Waals surface area contributed by atoms with Crippen molar-refractivity contribution in [3.05, 3.63) is 24.3 Å². The molecule has 9 nitrogen and oxygen atoms in total. The van der Waals surface area contributed by atoms with Crippen molar-refractivity contribution in [1.82, 2.24) is 25.3 Å². The van der Waals surface area contributed by atoms with Crippen molar-refractivity contribution in [3.8, 4) is 0 Å². The van der Waals surface area contributed by atoms with Gasteiger partial charge in [0.25, 0.3) is 5.91 Å². The SMILES string of the molecule is CCOC(=O)N1CCC(=NNC(=O)Cn2nnc3ccccc32)CC1. The smallest absolute Gasteiger partial charge is 0.409 e. The molecule has 0 aliphatic carbocycles. The molecule has 0 spiro atoms. The molecule has 0 saturated carbocycles. The van der Waals surface area contributed by atoms with Gasteiger partial charge in [0.05, 0.1) is 12.1 Å². The summed E-state index contributed by atoms with van der Waals surface area (Å²) in [5.74, 6) is -0.268. The van der Waals surface area contributed by atoms with Crippen molar-refractivity contribution in [1.29, 1.82) is 0 Å². The van der Waals surface area contributed by atoms with E-state index in [4.69, 9.17) is 4.74 Å². The minimum absolute atomic E-state index is 0.0479. The van der Waals surface area contributed by atoms with E-state index in [1.54, 1.807) is 11.8 Å². The number of fused-ring (bicyclic) bond motifs is 1. The highest BCUT2D eigenvalue weighted by atomic mass is 16.6. The maximum atomic E-state index is 12.1. The molecule has 0 unspecified atom stereocenters. The summed E-state index contributed by atoms with van der Waals surface area (Å²) in [7, 11) is 0. The Morgan fingerprint density at radius 1 is 1.28 bits per heavy atom. The third-order valence-corrected chi connectivity index (χ3v) is 3.92. The van der Waals surface area contributed by atoms with Gasteiger partial charge in [-0.15, -0.1) is 5.10 Å². The Bertz CT molecular complexity index is 790. The Hall–Kier alpha value is -2.97. The lowest BCUT2D eigenvalue weighted by atomic mass is 10.1. The van der Waals surface area contributed by atoms with Gasteiger partial charge in [-0.25, -0.2) is 14.9 Å². The second-order valence-corrected chi connectivity index (χ2v) is 5.63. The van der Waals surface area contributed by atoms with Crippen LogP contribution in [0.4, 0.5) is 4.79 Å². The second kappa shape index (κ2) is 7.73. The van der Waals surface area contributed by atoms with Crippen LogP contribution in [0.25, 0.3) is 11.0 Å². The summed E-state index contributed by atoms with van der Waals surface area (Å²) in [6, 6.07) is 7.45. The number of benzene rings is 1. The summed E-state index contributed by atoms with van der Waals surface area (Å²) in [6.07, 6.45) is 0.931. The van der Waals surface area contributed by atoms with Gasteiger partial charge in [0.15, 0.2) is 0 Å². The van der Waals surface area contributed by atoms with Crippen LogP contribution in [0.3, 0.4) is 0 Å². The average molecular weight is 344 g/mol. The first-order valence-corrected chi connectivity index (χ1v) is 8.21. The van der Waals surface area contributed by atoms with Crippen molar-refractivity contribution in [3.63, 3.8) is 0 Å². The lowest BCUT2D eigenvalue weighted by Gasteiger charge is -2.26. The van der Waals surface area contributed by atoms with Gasteiger partial charge >= 0.3 is 6.09 Å². The predicted octanol–water partition coefficient (Wildman–Crippen LogP) is 1.16. The van der Waals surface area contributed by atoms with E-state index in [2.05, 4.69) is 20.8 Å². The Morgan fingerprint density at radius 2 is 2.04 bits per heavy atom. The molecule has 0 atom stereocenters. The van der Waals surface area contributed by atoms with Crippen LogP contribution in [0.1, 0.15) is 19.8 Å². The zero-order chi connectivity index (χ0) is 17.6. The molecular formula is C16H20N6O3. The van der Waals surface area contributed by atoms with Gasteiger partial charge in [0.1, 0.15) is 12.1 Å². The number of carbonyl (C=O) groups is 2. The minimum Gasteiger partial charge on any atom is -0.450 e. The third-order valence-electron chi connectivity index (χ3n) is 3.92. The fraction of sp³-hybridized carbons (Fsp3) is 0.438. The summed E-state index contributed by atoms with van der Waals surface area (Å²) in [4.78, 5) is 25.3. The van der Waals surface area contributed by atoms with Crippen LogP contribution in [0.15, 0.2) is 29.4 Å². The molecule has 0 bridgehead atoms. The van der Waals surface area contributed by atoms with Crippen molar-refractivity contribution in [2.24, 2.45) is 5.10 Å². The molecule has 1 saturated heterocycles. The quantitative estimate of drug-likeness (QED) is 0.839. The van der Waals surface area contributed by atoms with E-state index in [9.17, 15) is 9.59 Å². The first-order valence-electron chi connectivity index (χ1n) is 8.21. The number of hydrazone groups is 1. The third kappa shape index (κ3) is 4.11. The molecule has 1 aliphatic rings. The van der Waals surface area contributed by atoms with Crippen LogP contribution < -0.4 is 5.43 Å². The molecule has 1 aromatic carbocycles. The summed E-state index contributed by atoms with van der Waals surface area (Å²) < 4.78 is 6.51. The zero-order valence-corrected chi connectivity index (χ0v) is 14.0. The summed E-state index contributed by atoms with van der Waals surface area (Å²) in [5, 5.41) is 12.1. The van der Waals surface area contributed by atoms with E-state index in [1.807, 2.05) is 24.3 Å². The highest BCUT2D eigenvalue weighted by Gasteiger charge is 2.20. The molecular weight excluding hydrogens is 324 g/mol. The first-order chi connectivity index (χ1) is 12.2. The number of likely N-dealkylation sites (tertiary alicyclic amines) is 1. The van der Waals surface area contributed by atoms with Crippen molar-refractivity contribution < 1.29 is 14.3 Å². The van der Waals surface area contributed by atoms with Crippen LogP contribution in [0, 0.1) is 0 Å². The lowest BCUT2D eigenvalue weighted by molar-refractivity contribution is -0.121. The minimum atomic E-state index is -0.302. The van der Waals surface area contributed by atoms with Gasteiger partial charge in [0.2, 0.25) is 0 Å². The molecule has 2 heterocycles. The average Bonchev–Trinajstić information content (AvgIpc) is 3.04. The van der Waals surface area contributed by atoms with Gasteiger partial charge in [0, 0.05) is 31.6 Å². The summed E-state index contributed by atoms with van der Waals surface area (Å²) >= 11 is 0. The number of piperidine rings is 1. The van der Waals surface area contributed by atoms with E-state index in [0.29, 0.717) is 32.5 Å². The molecule has 9 heteroatoms. The van der Waals surface area contributed by atoms with Crippen molar-refractivity contribution in [2.75, 3.05) is 19.7 Å². The predicted molar refractivity (Wildman–Crippen MR) is 90.9 cm³/mol. The fourth-order valence-corrected chi connectivity index (χ4v) is 2.62. The van der Waals surface area contributed by atoms with E-state index in [0.717, 1.165) is 16.7 Å². The van der Waals surface area contributed by atoms with Crippen LogP contribution >= 0.6 is 0 Å². The number of para-hydroxylation sites is 1. The van der Waals surface area contributed by atoms with Crippen LogP contribution in [0.5, 0.6) is 0 Å². The van der Waals surface area contributed by atoms with Crippen LogP contribution in [-0.4, -0.2) is 57.3 Å². The number of amides is 2. The molecule has 1 N–H and O–H groups in total. The number of rotatable bonds is 4. The zero-order valence-electron chi connectivity index (χ0n) is 14.0. The van der Waals surface area contributed by atoms with Gasteiger partial charge in [-0.3, -0.25) is 4.79 Å². The molecule has 1 aromatic heterocycles. The molecule has 2 amide bonds. The van der Waals surface area contributed by atoms with Gasteiger partial charge < -0.3 is 9.64 Å². The maximum Gasteiger partial charge on any atom is 0.409 e. The number of nitrogens with one attached hydrogen (secondary N) is 1. The molecule has 3 rings (SSSR count). The highest BCUT2D eigenvalue weighted by Crippen LogP contribution is 2.10. The number of nitrogens with zero attached hydrogens (tertiary/aromatic N) is 5. The Balaban J connectivity index is 1.51. The monoisotopic (exact) mass is 344 g/mol. The van der Waals surface area contributed by atoms with Crippen LogP contribution in [-0.2, 0) is 16.1 Å². The Morgan fingerprint density at radius 3 is 2.80 bits per heavy atom. The van der Waals surface area contributed by atoms with Gasteiger partial charge in [-0.1, -0.05) is 17.3 Å². The van der Waals surface area contributed by atoms with E-state index < -0.39 is 0 Å². The highest BCUT2D eigenvalue weighted by molar-refractivity contribution is 5.88. The normalized spacial score (nSPS) is 14.4. The lowest BCUT2D eigenvalue weighted by Crippen LogP contribution is -2.39. The fourth-order valence-electron chi connectivity index (χ4n) is 2.62. The number of hydrogen-bond donors (Lipinski definition) is 1. The number of ether oxygens (including phenoxy) is 1. The molecule has 2 aromatic rings. The summed E-state index contributed by atoms with van der Waals surface area (Å²) in [5.41, 5.74) is 4.95. The Labute approximate surface area is 144 Å². The van der Waals surface area contributed by atoms with Crippen molar-refractivity contribution >= 4 is 28.7 Å². The maximum absolute atomic E-state index is 12.1. The molecule has 0 radical (unpaired) electrons. The number of hydrogen-bond acceptors (Lipinski definition) is 6.